The molecule has 1 heterocycles. The second-order valence-corrected chi connectivity index (χ2v) is 7.60. The van der Waals surface area contributed by atoms with Gasteiger partial charge in [0.1, 0.15) is 0 Å². The molecule has 0 radical (unpaired) electrons. The Bertz CT molecular complexity index is 428. The van der Waals surface area contributed by atoms with Crippen LogP contribution in [0.1, 0.15) is 72.1 Å². The third-order valence-corrected chi connectivity index (χ3v) is 5.56. The Kier molecular flexibility index (Phi) is 11.6. The summed E-state index contributed by atoms with van der Waals surface area (Å²) in [6, 6.07) is 0.423. The zero-order valence-electron chi connectivity index (χ0n) is 16.9. The quantitative estimate of drug-likeness (QED) is 0.230. The first-order valence-electron chi connectivity index (χ1n) is 10.5. The lowest BCUT2D eigenvalue weighted by Crippen LogP contribution is -2.50. The second-order valence-electron chi connectivity index (χ2n) is 7.60. The molecule has 1 saturated carbocycles. The van der Waals surface area contributed by atoms with E-state index in [0.717, 1.165) is 63.7 Å². The number of aliphatic imine (C=N–C) groups is 1. The van der Waals surface area contributed by atoms with Crippen molar-refractivity contribution in [3.63, 3.8) is 0 Å². The predicted octanol–water partition coefficient (Wildman–Crippen LogP) is 3.78. The monoisotopic (exact) mass is 478 g/mol. The Balaban J connectivity index is 0.00000338. The summed E-state index contributed by atoms with van der Waals surface area (Å²) in [7, 11) is 0. The SMILES string of the molecule is CCNC(=NCCCC1CC1)NC1CCN(C(=O)C(CC)CC)CC1.I. The molecule has 1 aliphatic carbocycles. The molecule has 1 saturated heterocycles. The summed E-state index contributed by atoms with van der Waals surface area (Å²) >= 11 is 0. The molecular formula is C20H39IN4O. The second kappa shape index (κ2) is 12.8. The van der Waals surface area contributed by atoms with Gasteiger partial charge in [-0.15, -0.1) is 24.0 Å². The maximum Gasteiger partial charge on any atom is 0.225 e. The van der Waals surface area contributed by atoms with Gasteiger partial charge in [0.25, 0.3) is 0 Å². The number of nitrogens with one attached hydrogen (secondary N) is 2. The standard InChI is InChI=1S/C20H38N4O.HI/c1-4-17(5-2)19(25)24-14-11-18(12-15-24)23-20(21-6-3)22-13-7-8-16-9-10-16;/h16-18H,4-15H2,1-3H3,(H2,21,22,23);1H. The number of rotatable bonds is 9. The Labute approximate surface area is 177 Å². The largest absolute Gasteiger partial charge is 0.357 e. The zero-order valence-corrected chi connectivity index (χ0v) is 19.3. The summed E-state index contributed by atoms with van der Waals surface area (Å²) < 4.78 is 0. The van der Waals surface area contributed by atoms with Crippen molar-refractivity contribution in [2.45, 2.75) is 78.2 Å². The van der Waals surface area contributed by atoms with Crippen LogP contribution in [0.2, 0.25) is 0 Å². The van der Waals surface area contributed by atoms with Gasteiger partial charge in [-0.3, -0.25) is 9.79 Å². The number of hydrogen-bond donors (Lipinski definition) is 2. The predicted molar refractivity (Wildman–Crippen MR) is 120 cm³/mol. The summed E-state index contributed by atoms with van der Waals surface area (Å²) in [6.07, 6.45) is 9.31. The zero-order chi connectivity index (χ0) is 18.1. The number of halogens is 1. The first kappa shape index (κ1) is 23.5. The smallest absolute Gasteiger partial charge is 0.225 e. The van der Waals surface area contributed by atoms with E-state index >= 15 is 0 Å². The molecule has 2 rings (SSSR count). The summed E-state index contributed by atoms with van der Waals surface area (Å²) in [5.74, 6) is 2.49. The summed E-state index contributed by atoms with van der Waals surface area (Å²) in [5.41, 5.74) is 0. The van der Waals surface area contributed by atoms with Crippen molar-refractivity contribution in [1.29, 1.82) is 0 Å². The fraction of sp³-hybridized carbons (Fsp3) is 0.900. The van der Waals surface area contributed by atoms with Crippen LogP contribution in [0, 0.1) is 11.8 Å². The van der Waals surface area contributed by atoms with Crippen molar-refractivity contribution in [3.8, 4) is 0 Å². The van der Waals surface area contributed by atoms with E-state index in [1.807, 2.05) is 0 Å². The minimum Gasteiger partial charge on any atom is -0.357 e. The van der Waals surface area contributed by atoms with E-state index in [2.05, 4.69) is 36.3 Å². The molecular weight excluding hydrogens is 439 g/mol. The normalized spacial score (nSPS) is 18.6. The Morgan fingerprint density at radius 3 is 2.31 bits per heavy atom. The van der Waals surface area contributed by atoms with Gasteiger partial charge >= 0.3 is 0 Å². The van der Waals surface area contributed by atoms with Gasteiger partial charge in [-0.2, -0.15) is 0 Å². The molecule has 152 valence electrons. The topological polar surface area (TPSA) is 56.7 Å². The first-order chi connectivity index (χ1) is 12.2. The molecule has 1 aliphatic heterocycles. The van der Waals surface area contributed by atoms with Crippen LogP contribution in [0.3, 0.4) is 0 Å². The number of likely N-dealkylation sites (tertiary alicyclic amines) is 1. The van der Waals surface area contributed by atoms with E-state index in [4.69, 9.17) is 4.99 Å². The molecule has 2 fully saturated rings. The van der Waals surface area contributed by atoms with Crippen LogP contribution in [0.5, 0.6) is 0 Å². The van der Waals surface area contributed by atoms with Crippen LogP contribution >= 0.6 is 24.0 Å². The molecule has 2 N–H and O–H groups in total. The number of piperidine rings is 1. The van der Waals surface area contributed by atoms with E-state index < -0.39 is 0 Å². The number of nitrogens with zero attached hydrogens (tertiary/aromatic N) is 2. The number of guanidine groups is 1. The number of amides is 1. The first-order valence-corrected chi connectivity index (χ1v) is 10.5. The van der Waals surface area contributed by atoms with Crippen LogP contribution in [-0.2, 0) is 4.79 Å². The van der Waals surface area contributed by atoms with Gasteiger partial charge in [0, 0.05) is 38.1 Å². The van der Waals surface area contributed by atoms with E-state index in [0.29, 0.717) is 11.9 Å². The molecule has 5 nitrogen and oxygen atoms in total. The highest BCUT2D eigenvalue weighted by Gasteiger charge is 2.26. The van der Waals surface area contributed by atoms with Crippen LogP contribution in [0.15, 0.2) is 4.99 Å². The third kappa shape index (κ3) is 8.01. The van der Waals surface area contributed by atoms with Gasteiger partial charge < -0.3 is 15.5 Å². The molecule has 2 aliphatic rings. The molecule has 0 aromatic carbocycles. The van der Waals surface area contributed by atoms with E-state index in [-0.39, 0.29) is 29.9 Å². The lowest BCUT2D eigenvalue weighted by Gasteiger charge is -2.34. The molecule has 0 aromatic heterocycles. The molecule has 0 bridgehead atoms. The minimum atomic E-state index is 0. The highest BCUT2D eigenvalue weighted by Crippen LogP contribution is 2.33. The Morgan fingerprint density at radius 2 is 1.77 bits per heavy atom. The fourth-order valence-electron chi connectivity index (χ4n) is 3.63. The molecule has 0 aromatic rings. The van der Waals surface area contributed by atoms with Gasteiger partial charge in [0.05, 0.1) is 0 Å². The molecule has 26 heavy (non-hydrogen) atoms. The van der Waals surface area contributed by atoms with E-state index in [9.17, 15) is 4.79 Å². The average molecular weight is 478 g/mol. The number of carbonyl (C=O) groups excluding carboxylic acids is 1. The highest BCUT2D eigenvalue weighted by molar-refractivity contribution is 14.0. The summed E-state index contributed by atoms with van der Waals surface area (Å²) in [5, 5.41) is 6.94. The fourth-order valence-corrected chi connectivity index (χ4v) is 3.63. The lowest BCUT2D eigenvalue weighted by atomic mass is 9.98. The van der Waals surface area contributed by atoms with Crippen LogP contribution in [0.25, 0.3) is 0 Å². The van der Waals surface area contributed by atoms with E-state index in [1.54, 1.807) is 0 Å². The summed E-state index contributed by atoms with van der Waals surface area (Å²) in [4.78, 5) is 19.3. The van der Waals surface area contributed by atoms with Crippen molar-refractivity contribution in [2.75, 3.05) is 26.2 Å². The van der Waals surface area contributed by atoms with Gasteiger partial charge in [0.2, 0.25) is 5.91 Å². The minimum absolute atomic E-state index is 0. The van der Waals surface area contributed by atoms with Crippen LogP contribution in [-0.4, -0.2) is 49.0 Å². The number of carbonyl (C=O) groups is 1. The van der Waals surface area contributed by atoms with E-state index in [1.165, 1.54) is 25.7 Å². The van der Waals surface area contributed by atoms with Crippen LogP contribution in [0.4, 0.5) is 0 Å². The third-order valence-electron chi connectivity index (χ3n) is 5.56. The maximum absolute atomic E-state index is 12.5. The Hall–Kier alpha value is -0.530. The maximum atomic E-state index is 12.5. The van der Waals surface area contributed by atoms with Crippen LogP contribution < -0.4 is 10.6 Å². The van der Waals surface area contributed by atoms with Gasteiger partial charge in [-0.1, -0.05) is 26.7 Å². The Morgan fingerprint density at radius 1 is 1.12 bits per heavy atom. The van der Waals surface area contributed by atoms with Crippen molar-refractivity contribution < 1.29 is 4.79 Å². The lowest BCUT2D eigenvalue weighted by molar-refractivity contribution is -0.136. The molecule has 1 amide bonds. The molecule has 6 heteroatoms. The average Bonchev–Trinajstić information content (AvgIpc) is 3.45. The highest BCUT2D eigenvalue weighted by atomic mass is 127. The van der Waals surface area contributed by atoms with Gasteiger partial charge in [-0.25, -0.2) is 0 Å². The van der Waals surface area contributed by atoms with Crippen molar-refractivity contribution >= 4 is 35.8 Å². The summed E-state index contributed by atoms with van der Waals surface area (Å²) in [6.45, 7) is 9.88. The van der Waals surface area contributed by atoms with Gasteiger partial charge in [0.15, 0.2) is 5.96 Å². The molecule has 0 spiro atoms. The van der Waals surface area contributed by atoms with Gasteiger partial charge in [-0.05, 0) is 51.4 Å². The molecule has 0 atom stereocenters. The van der Waals surface area contributed by atoms with Crippen molar-refractivity contribution in [1.82, 2.24) is 15.5 Å². The molecule has 0 unspecified atom stereocenters. The van der Waals surface area contributed by atoms with Crippen molar-refractivity contribution in [3.05, 3.63) is 0 Å². The van der Waals surface area contributed by atoms with Crippen molar-refractivity contribution in [2.24, 2.45) is 16.8 Å². The number of hydrogen-bond acceptors (Lipinski definition) is 2.